The van der Waals surface area contributed by atoms with Gasteiger partial charge in [0.2, 0.25) is 0 Å². The number of nitrogens with two attached hydrogens (primary N) is 1. The first kappa shape index (κ1) is 17.4. The van der Waals surface area contributed by atoms with Crippen molar-refractivity contribution in [3.8, 4) is 28.5 Å². The second-order valence-electron chi connectivity index (χ2n) is 7.02. The first-order valence-corrected chi connectivity index (χ1v) is 9.46. The molecule has 8 nitrogen and oxygen atoms in total. The van der Waals surface area contributed by atoms with E-state index in [9.17, 15) is 5.11 Å². The quantitative estimate of drug-likeness (QED) is 0.492. The Morgan fingerprint density at radius 2 is 1.97 bits per heavy atom. The monoisotopic (exact) mass is 388 g/mol. The van der Waals surface area contributed by atoms with Crippen LogP contribution in [0.4, 0.5) is 5.82 Å². The average Bonchev–Trinajstić information content (AvgIpc) is 3.37. The van der Waals surface area contributed by atoms with Crippen LogP contribution in [0.1, 0.15) is 12.5 Å². The van der Waals surface area contributed by atoms with E-state index in [0.29, 0.717) is 17.3 Å². The van der Waals surface area contributed by atoms with Gasteiger partial charge in [-0.3, -0.25) is 0 Å². The molecule has 0 unspecified atom stereocenters. The molecule has 2 aromatic heterocycles. The van der Waals surface area contributed by atoms with Gasteiger partial charge in [-0.1, -0.05) is 6.07 Å². The number of anilines is 1. The van der Waals surface area contributed by atoms with Crippen LogP contribution in [-0.4, -0.2) is 37.9 Å². The average molecular weight is 388 g/mol. The molecule has 0 aliphatic carbocycles. The van der Waals surface area contributed by atoms with E-state index in [0.717, 1.165) is 41.8 Å². The number of hydrogen-bond acceptors (Lipinski definition) is 7. The van der Waals surface area contributed by atoms with Crippen molar-refractivity contribution in [2.75, 3.05) is 18.8 Å². The van der Waals surface area contributed by atoms with Crippen LogP contribution in [0.5, 0.6) is 17.2 Å². The first-order chi connectivity index (χ1) is 14.2. The Hall–Kier alpha value is -3.65. The van der Waals surface area contributed by atoms with Crippen molar-refractivity contribution < 1.29 is 9.84 Å². The highest BCUT2D eigenvalue weighted by Crippen LogP contribution is 2.34. The molecular weight excluding hydrogens is 368 g/mol. The van der Waals surface area contributed by atoms with Crippen molar-refractivity contribution in [2.45, 2.75) is 12.5 Å². The van der Waals surface area contributed by atoms with Gasteiger partial charge in [0, 0.05) is 18.2 Å². The van der Waals surface area contributed by atoms with Gasteiger partial charge in [0.15, 0.2) is 5.65 Å². The fourth-order valence-electron chi connectivity index (χ4n) is 3.66. The van der Waals surface area contributed by atoms with E-state index < -0.39 is 0 Å². The van der Waals surface area contributed by atoms with E-state index in [1.54, 1.807) is 24.3 Å². The zero-order valence-corrected chi connectivity index (χ0v) is 15.6. The largest absolute Gasteiger partial charge is 0.508 e. The summed E-state index contributed by atoms with van der Waals surface area (Å²) in [4.78, 5) is 8.61. The van der Waals surface area contributed by atoms with Gasteiger partial charge in [0.1, 0.15) is 35.1 Å². The maximum absolute atomic E-state index is 9.58. The highest BCUT2D eigenvalue weighted by molar-refractivity contribution is 5.98. The van der Waals surface area contributed by atoms with E-state index in [-0.39, 0.29) is 11.8 Å². The summed E-state index contributed by atoms with van der Waals surface area (Å²) >= 11 is 0. The Kier molecular flexibility index (Phi) is 4.25. The minimum absolute atomic E-state index is 0.160. The van der Waals surface area contributed by atoms with Crippen LogP contribution >= 0.6 is 0 Å². The zero-order chi connectivity index (χ0) is 19.8. The molecule has 1 saturated heterocycles. The van der Waals surface area contributed by atoms with Crippen LogP contribution in [0, 0.1) is 0 Å². The Morgan fingerprint density at radius 1 is 1.10 bits per heavy atom. The van der Waals surface area contributed by atoms with E-state index in [1.165, 1.54) is 6.33 Å². The summed E-state index contributed by atoms with van der Waals surface area (Å²) in [5.74, 6) is 1.81. The summed E-state index contributed by atoms with van der Waals surface area (Å²) in [7, 11) is 0. The van der Waals surface area contributed by atoms with Crippen LogP contribution < -0.4 is 15.8 Å². The number of fused-ring (bicyclic) bond motifs is 1. The van der Waals surface area contributed by atoms with Gasteiger partial charge >= 0.3 is 0 Å². The number of rotatable bonds is 4. The molecule has 1 atom stereocenters. The van der Waals surface area contributed by atoms with Gasteiger partial charge in [-0.05, 0) is 49.4 Å². The number of phenols is 1. The van der Waals surface area contributed by atoms with Crippen LogP contribution in [0.15, 0.2) is 54.9 Å². The number of aromatic nitrogens is 4. The molecule has 0 radical (unpaired) electrons. The fraction of sp³-hybridized carbons (Fsp3) is 0.190. The lowest BCUT2D eigenvalue weighted by molar-refractivity contribution is 0.455. The van der Waals surface area contributed by atoms with E-state index >= 15 is 0 Å². The summed E-state index contributed by atoms with van der Waals surface area (Å²) in [6, 6.07) is 14.5. The molecule has 2 aromatic carbocycles. The minimum Gasteiger partial charge on any atom is -0.508 e. The fourth-order valence-corrected chi connectivity index (χ4v) is 3.66. The van der Waals surface area contributed by atoms with Crippen molar-refractivity contribution in [3.05, 3.63) is 54.9 Å². The van der Waals surface area contributed by atoms with E-state index in [2.05, 4.69) is 15.3 Å². The Balaban J connectivity index is 1.52. The van der Waals surface area contributed by atoms with Gasteiger partial charge in [-0.2, -0.15) is 5.10 Å². The van der Waals surface area contributed by atoms with Crippen molar-refractivity contribution in [1.82, 2.24) is 25.1 Å². The molecule has 3 heterocycles. The summed E-state index contributed by atoms with van der Waals surface area (Å²) in [6.45, 7) is 1.82. The number of ether oxygens (including phenoxy) is 1. The SMILES string of the molecule is Nc1ncnc2c1c(-c1ccc(Oc3cccc(O)c3)cc1)nn2[C@@H]1CCNC1. The maximum Gasteiger partial charge on any atom is 0.164 e. The van der Waals surface area contributed by atoms with Gasteiger partial charge in [-0.25, -0.2) is 14.6 Å². The lowest BCUT2D eigenvalue weighted by Gasteiger charge is -2.09. The molecule has 8 heteroatoms. The molecular formula is C21H20N6O2. The van der Waals surface area contributed by atoms with Gasteiger partial charge in [0.05, 0.1) is 11.4 Å². The highest BCUT2D eigenvalue weighted by Gasteiger charge is 2.24. The molecule has 4 aromatic rings. The Labute approximate surface area is 167 Å². The van der Waals surface area contributed by atoms with Crippen molar-refractivity contribution in [3.63, 3.8) is 0 Å². The smallest absolute Gasteiger partial charge is 0.164 e. The molecule has 0 amide bonds. The molecule has 1 aliphatic heterocycles. The lowest BCUT2D eigenvalue weighted by atomic mass is 10.1. The molecule has 146 valence electrons. The molecule has 5 rings (SSSR count). The zero-order valence-electron chi connectivity index (χ0n) is 15.6. The standard InChI is InChI=1S/C21H20N6O2/c22-20-18-19(26-27(14-8-9-23-11-14)21(18)25-12-24-20)13-4-6-16(7-5-13)29-17-3-1-2-15(28)10-17/h1-7,10,12,14,23,28H,8-9,11H2,(H2,22,24,25)/t14-/m1/s1. The predicted octanol–water partition coefficient (Wildman–Crippen LogP) is 3.11. The summed E-state index contributed by atoms with van der Waals surface area (Å²) < 4.78 is 7.76. The Bertz CT molecular complexity index is 1170. The van der Waals surface area contributed by atoms with Crippen molar-refractivity contribution in [1.29, 1.82) is 0 Å². The highest BCUT2D eigenvalue weighted by atomic mass is 16.5. The first-order valence-electron chi connectivity index (χ1n) is 9.46. The molecule has 0 spiro atoms. The third-order valence-electron chi connectivity index (χ3n) is 5.08. The second-order valence-corrected chi connectivity index (χ2v) is 7.02. The summed E-state index contributed by atoms with van der Waals surface area (Å²) in [5.41, 5.74) is 8.60. The topological polar surface area (TPSA) is 111 Å². The number of phenolic OH excluding ortho intramolecular Hbond substituents is 1. The van der Waals surface area contributed by atoms with Crippen LogP contribution in [0.3, 0.4) is 0 Å². The second kappa shape index (κ2) is 7.06. The van der Waals surface area contributed by atoms with E-state index in [4.69, 9.17) is 15.6 Å². The van der Waals surface area contributed by atoms with Crippen molar-refractivity contribution in [2.24, 2.45) is 0 Å². The van der Waals surface area contributed by atoms with Crippen molar-refractivity contribution >= 4 is 16.9 Å². The molecule has 29 heavy (non-hydrogen) atoms. The number of nitrogen functional groups attached to an aromatic ring is 1. The number of benzene rings is 2. The van der Waals surface area contributed by atoms with Crippen LogP contribution in [0.2, 0.25) is 0 Å². The molecule has 0 saturated carbocycles. The number of nitrogens with one attached hydrogen (secondary N) is 1. The maximum atomic E-state index is 9.58. The number of hydrogen-bond donors (Lipinski definition) is 3. The van der Waals surface area contributed by atoms with E-state index in [1.807, 2.05) is 28.9 Å². The molecule has 1 fully saturated rings. The normalized spacial score (nSPS) is 16.3. The third-order valence-corrected chi connectivity index (χ3v) is 5.08. The van der Waals surface area contributed by atoms with Gasteiger partial charge in [-0.15, -0.1) is 0 Å². The molecule has 0 bridgehead atoms. The lowest BCUT2D eigenvalue weighted by Crippen LogP contribution is -2.15. The van der Waals surface area contributed by atoms with Crippen LogP contribution in [-0.2, 0) is 0 Å². The number of aromatic hydroxyl groups is 1. The molecule has 1 aliphatic rings. The summed E-state index contributed by atoms with van der Waals surface area (Å²) in [5, 5.41) is 18.6. The predicted molar refractivity (Wildman–Crippen MR) is 110 cm³/mol. The van der Waals surface area contributed by atoms with Gasteiger partial charge < -0.3 is 20.9 Å². The third kappa shape index (κ3) is 3.23. The Morgan fingerprint density at radius 3 is 2.72 bits per heavy atom. The van der Waals surface area contributed by atoms with Crippen LogP contribution in [0.25, 0.3) is 22.3 Å². The minimum atomic E-state index is 0.160. The summed E-state index contributed by atoms with van der Waals surface area (Å²) in [6.07, 6.45) is 2.48. The molecule has 4 N–H and O–H groups in total. The number of nitrogens with zero attached hydrogens (tertiary/aromatic N) is 4. The van der Waals surface area contributed by atoms with Gasteiger partial charge in [0.25, 0.3) is 0 Å².